The molecular formula is C43H72N6O7. The maximum absolute atomic E-state index is 14.3. The number of likely N-dealkylation sites (N-methyl/N-ethyl adjacent to an activating group) is 2. The number of hydrogen-bond donors (Lipinski definition) is 4. The molecule has 0 spiro atoms. The zero-order valence-electron chi connectivity index (χ0n) is 36.4. The molecule has 0 aliphatic carbocycles. The summed E-state index contributed by atoms with van der Waals surface area (Å²) in [5.41, 5.74) is 2.03. The summed E-state index contributed by atoms with van der Waals surface area (Å²) in [4.78, 5) is 62.1. The monoisotopic (exact) mass is 785 g/mol. The van der Waals surface area contributed by atoms with E-state index in [1.165, 1.54) is 0 Å². The van der Waals surface area contributed by atoms with E-state index >= 15 is 0 Å². The summed E-state index contributed by atoms with van der Waals surface area (Å²) in [5.74, 6) is -0.168. The lowest BCUT2D eigenvalue weighted by Gasteiger charge is -2.40. The van der Waals surface area contributed by atoms with Crippen LogP contribution >= 0.6 is 0 Å². The molecule has 3 amide bonds. The molecule has 316 valence electrons. The van der Waals surface area contributed by atoms with Crippen molar-refractivity contribution < 1.29 is 33.4 Å². The Kier molecular flexibility index (Phi) is 18.3. The zero-order chi connectivity index (χ0) is 41.9. The van der Waals surface area contributed by atoms with Gasteiger partial charge in [-0.2, -0.15) is 0 Å². The second kappa shape index (κ2) is 21.9. The van der Waals surface area contributed by atoms with Gasteiger partial charge in [-0.05, 0) is 69.0 Å². The smallest absolute Gasteiger partial charge is 0.245 e. The van der Waals surface area contributed by atoms with E-state index in [0.29, 0.717) is 32.2 Å². The average molecular weight is 785 g/mol. The molecule has 1 fully saturated rings. The Bertz CT molecular complexity index is 1570. The summed E-state index contributed by atoms with van der Waals surface area (Å²) in [6.45, 7) is 14.4. The molecule has 1 saturated heterocycles. The number of nitrogens with zero attached hydrogens (tertiary/aromatic N) is 2. The van der Waals surface area contributed by atoms with E-state index in [0.717, 1.165) is 28.8 Å². The molecule has 3 rings (SSSR count). The molecule has 1 aliphatic heterocycles. The highest BCUT2D eigenvalue weighted by molar-refractivity contribution is 5.90. The molecule has 4 N–H and O–H groups in total. The number of ether oxygens (including phenoxy) is 3. The molecule has 10 unspecified atom stereocenters. The van der Waals surface area contributed by atoms with Crippen LogP contribution in [0.25, 0.3) is 10.9 Å². The highest BCUT2D eigenvalue weighted by Crippen LogP contribution is 2.28. The number of aromatic nitrogens is 1. The predicted molar refractivity (Wildman–Crippen MR) is 222 cm³/mol. The fourth-order valence-corrected chi connectivity index (χ4v) is 8.41. The van der Waals surface area contributed by atoms with Gasteiger partial charge in [0.25, 0.3) is 0 Å². The fourth-order valence-electron chi connectivity index (χ4n) is 8.41. The summed E-state index contributed by atoms with van der Waals surface area (Å²) in [7, 11) is 10.3. The van der Waals surface area contributed by atoms with Gasteiger partial charge in [0.15, 0.2) is 5.78 Å². The molecular weight excluding hydrogens is 713 g/mol. The Labute approximate surface area is 335 Å². The summed E-state index contributed by atoms with van der Waals surface area (Å²) in [6.07, 6.45) is 2.51. The zero-order valence-corrected chi connectivity index (χ0v) is 36.4. The average Bonchev–Trinajstić information content (AvgIpc) is 3.82. The van der Waals surface area contributed by atoms with Crippen LogP contribution in [-0.4, -0.2) is 130 Å². The van der Waals surface area contributed by atoms with E-state index in [4.69, 9.17) is 14.2 Å². The van der Waals surface area contributed by atoms with E-state index in [9.17, 15) is 19.2 Å². The van der Waals surface area contributed by atoms with E-state index in [1.54, 1.807) is 33.3 Å². The number of aromatic amines is 1. The molecule has 10 atom stereocenters. The highest BCUT2D eigenvalue weighted by Gasteiger charge is 2.42. The largest absolute Gasteiger partial charge is 0.497 e. The van der Waals surface area contributed by atoms with Crippen molar-refractivity contribution in [2.75, 3.05) is 49.0 Å². The third-order valence-corrected chi connectivity index (χ3v) is 12.1. The number of hydrogen-bond acceptors (Lipinski definition) is 9. The van der Waals surface area contributed by atoms with Gasteiger partial charge in [0.2, 0.25) is 17.7 Å². The summed E-state index contributed by atoms with van der Waals surface area (Å²) in [6, 6.07) is 5.81. The Morgan fingerprint density at radius 3 is 2.14 bits per heavy atom. The fraction of sp³-hybridized carbons (Fsp3) is 0.721. The molecule has 56 heavy (non-hydrogen) atoms. The van der Waals surface area contributed by atoms with Crippen LogP contribution in [0.4, 0.5) is 0 Å². The van der Waals surface area contributed by atoms with E-state index in [-0.39, 0.29) is 59.8 Å². The van der Waals surface area contributed by atoms with Crippen LogP contribution in [-0.2, 0) is 35.1 Å². The molecule has 1 aliphatic rings. The van der Waals surface area contributed by atoms with E-state index < -0.39 is 36.3 Å². The van der Waals surface area contributed by atoms with Crippen LogP contribution < -0.4 is 20.7 Å². The van der Waals surface area contributed by atoms with Gasteiger partial charge in [0, 0.05) is 63.3 Å². The van der Waals surface area contributed by atoms with Crippen LogP contribution in [0.3, 0.4) is 0 Å². The van der Waals surface area contributed by atoms with Crippen LogP contribution in [0, 0.1) is 23.7 Å². The molecule has 2 heterocycles. The maximum Gasteiger partial charge on any atom is 0.245 e. The van der Waals surface area contributed by atoms with Crippen molar-refractivity contribution in [2.45, 2.75) is 129 Å². The topological polar surface area (TPSA) is 154 Å². The third kappa shape index (κ3) is 11.8. The first kappa shape index (κ1) is 46.9. The number of Topliss-reactive ketones (excluding diaryl/α,β-unsaturated/α-hetero) is 1. The number of benzene rings is 1. The van der Waals surface area contributed by atoms with Crippen LogP contribution in [0.2, 0.25) is 0 Å². The Balaban J connectivity index is 1.65. The van der Waals surface area contributed by atoms with Crippen molar-refractivity contribution in [1.29, 1.82) is 0 Å². The number of fused-ring (bicyclic) bond motifs is 1. The summed E-state index contributed by atoms with van der Waals surface area (Å²) in [5, 5.41) is 10.7. The van der Waals surface area contributed by atoms with Gasteiger partial charge >= 0.3 is 0 Å². The second-order valence-electron chi connectivity index (χ2n) is 16.5. The quantitative estimate of drug-likeness (QED) is 0.127. The van der Waals surface area contributed by atoms with Crippen LogP contribution in [0.15, 0.2) is 24.3 Å². The molecule has 0 radical (unpaired) electrons. The van der Waals surface area contributed by atoms with Gasteiger partial charge in [-0.25, -0.2) is 0 Å². The number of carbonyl (C=O) groups excluding carboxylic acids is 4. The van der Waals surface area contributed by atoms with Gasteiger partial charge in [-0.1, -0.05) is 61.3 Å². The first-order valence-electron chi connectivity index (χ1n) is 20.5. The molecule has 13 heteroatoms. The maximum atomic E-state index is 14.3. The predicted octanol–water partition coefficient (Wildman–Crippen LogP) is 4.57. The number of ketones is 1. The van der Waals surface area contributed by atoms with Crippen molar-refractivity contribution in [3.05, 3.63) is 30.0 Å². The van der Waals surface area contributed by atoms with Gasteiger partial charge in [-0.3, -0.25) is 24.1 Å². The number of rotatable bonds is 23. The summed E-state index contributed by atoms with van der Waals surface area (Å²) >= 11 is 0. The normalized spacial score (nSPS) is 20.2. The van der Waals surface area contributed by atoms with Gasteiger partial charge in [0.05, 0.1) is 43.4 Å². The van der Waals surface area contributed by atoms with Gasteiger partial charge in [-0.15, -0.1) is 0 Å². The first-order chi connectivity index (χ1) is 26.5. The minimum absolute atomic E-state index is 0.00560. The molecule has 0 bridgehead atoms. The van der Waals surface area contributed by atoms with Crippen LogP contribution in [0.5, 0.6) is 5.75 Å². The lowest BCUT2D eigenvalue weighted by atomic mass is 9.87. The number of nitrogens with one attached hydrogen (secondary N) is 4. The minimum Gasteiger partial charge on any atom is -0.497 e. The van der Waals surface area contributed by atoms with Crippen molar-refractivity contribution in [3.8, 4) is 5.75 Å². The number of amides is 3. The number of carbonyl (C=O) groups is 4. The van der Waals surface area contributed by atoms with Crippen molar-refractivity contribution in [3.63, 3.8) is 0 Å². The number of H-pyrrole nitrogens is 1. The van der Waals surface area contributed by atoms with E-state index in [2.05, 4.69) is 40.8 Å². The molecule has 1 aromatic carbocycles. The lowest BCUT2D eigenvalue weighted by Crippen LogP contribution is -2.59. The molecule has 2 aromatic rings. The lowest BCUT2D eigenvalue weighted by molar-refractivity contribution is -0.145. The second-order valence-corrected chi connectivity index (χ2v) is 16.5. The Morgan fingerprint density at radius 2 is 1.57 bits per heavy atom. The first-order valence-corrected chi connectivity index (χ1v) is 20.5. The van der Waals surface area contributed by atoms with Gasteiger partial charge < -0.3 is 40.0 Å². The standard InChI is InChI=1S/C43H72N6O7/c1-14-26(5)37(47-42(52)38(25(3)4)48(8)9)43(53)49(10)39(27(6)15-2)36(55-12)24-35(50)33-18-19-34(46-33)40(56-13)28(7)41(51)44-21-20-30-22-29-23-31(54-11)16-17-32(29)45-30/h16-17,22-23,25-28,33-34,36-40,45-46H,14-15,18-21,24H2,1-13H3,(H,44,51)(H,47,52). The summed E-state index contributed by atoms with van der Waals surface area (Å²) < 4.78 is 17.2. The van der Waals surface area contributed by atoms with Crippen molar-refractivity contribution in [1.82, 2.24) is 30.7 Å². The Hall–Kier alpha value is -3.52. The van der Waals surface area contributed by atoms with E-state index in [1.807, 2.05) is 71.8 Å². The molecule has 0 saturated carbocycles. The SMILES string of the molecule is CCC(C)C(NC(=O)C(C(C)C)N(C)C)C(=O)N(C)C(C(C)CC)C(CC(=O)C1CCC(C(OC)C(C)C(=O)NCCc2cc3cc(OC)ccc3[nH]2)N1)OC. The highest BCUT2D eigenvalue weighted by atomic mass is 16.5. The van der Waals surface area contributed by atoms with Crippen molar-refractivity contribution in [2.24, 2.45) is 23.7 Å². The van der Waals surface area contributed by atoms with Crippen molar-refractivity contribution >= 4 is 34.4 Å². The number of methoxy groups -OCH3 is 3. The third-order valence-electron chi connectivity index (χ3n) is 12.1. The Morgan fingerprint density at radius 1 is 0.893 bits per heavy atom. The van der Waals surface area contributed by atoms with Crippen LogP contribution in [0.1, 0.15) is 86.3 Å². The van der Waals surface area contributed by atoms with Gasteiger partial charge in [0.1, 0.15) is 11.8 Å². The molecule has 13 nitrogen and oxygen atoms in total. The molecule has 1 aromatic heterocycles. The minimum atomic E-state index is -0.723.